The standard InChI is InChI=1S/C15H7F5O/c1-2-9-7-10(16)8-12(17)14(9)11-5-3-4-6-13(11)21-15(18,19)20/h1,3-8H. The van der Waals surface area contributed by atoms with Crippen molar-refractivity contribution in [2.45, 2.75) is 6.36 Å². The van der Waals surface area contributed by atoms with Crippen LogP contribution in [0.1, 0.15) is 5.56 Å². The third-order valence-corrected chi connectivity index (χ3v) is 2.59. The van der Waals surface area contributed by atoms with Crippen molar-refractivity contribution >= 4 is 0 Å². The molecule has 0 fully saturated rings. The van der Waals surface area contributed by atoms with Gasteiger partial charge in [-0.2, -0.15) is 0 Å². The smallest absolute Gasteiger partial charge is 0.405 e. The molecule has 0 saturated heterocycles. The summed E-state index contributed by atoms with van der Waals surface area (Å²) in [6.07, 6.45) is 0.215. The summed E-state index contributed by atoms with van der Waals surface area (Å²) in [5.41, 5.74) is -0.732. The lowest BCUT2D eigenvalue weighted by atomic mass is 9.98. The van der Waals surface area contributed by atoms with Gasteiger partial charge in [0.15, 0.2) is 0 Å². The van der Waals surface area contributed by atoms with E-state index in [0.29, 0.717) is 6.07 Å². The Kier molecular flexibility index (Phi) is 3.85. The number of para-hydroxylation sites is 1. The minimum Gasteiger partial charge on any atom is -0.405 e. The first kappa shape index (κ1) is 14.9. The van der Waals surface area contributed by atoms with Gasteiger partial charge in [-0.15, -0.1) is 19.6 Å². The predicted octanol–water partition coefficient (Wildman–Crippen LogP) is 4.51. The first-order chi connectivity index (χ1) is 9.81. The highest BCUT2D eigenvalue weighted by atomic mass is 19.4. The molecule has 2 aromatic rings. The number of hydrogen-bond donors (Lipinski definition) is 0. The topological polar surface area (TPSA) is 9.23 Å². The summed E-state index contributed by atoms with van der Waals surface area (Å²) < 4.78 is 68.0. The Balaban J connectivity index is 2.66. The third kappa shape index (κ3) is 3.31. The maximum absolute atomic E-state index is 13.9. The molecule has 0 unspecified atom stereocenters. The Morgan fingerprint density at radius 3 is 2.33 bits per heavy atom. The van der Waals surface area contributed by atoms with Crippen LogP contribution in [0.15, 0.2) is 36.4 Å². The van der Waals surface area contributed by atoms with Gasteiger partial charge < -0.3 is 4.74 Å². The van der Waals surface area contributed by atoms with Crippen LogP contribution in [0.4, 0.5) is 22.0 Å². The Hall–Kier alpha value is -2.55. The molecule has 2 aromatic carbocycles. The molecule has 0 aliphatic carbocycles. The first-order valence-corrected chi connectivity index (χ1v) is 5.62. The van der Waals surface area contributed by atoms with Crippen molar-refractivity contribution in [1.29, 1.82) is 0 Å². The molecule has 0 aromatic heterocycles. The molecule has 0 heterocycles. The van der Waals surface area contributed by atoms with E-state index in [0.717, 1.165) is 12.1 Å². The number of terminal acetylenes is 1. The van der Waals surface area contributed by atoms with Crippen molar-refractivity contribution < 1.29 is 26.7 Å². The van der Waals surface area contributed by atoms with Crippen LogP contribution in [0, 0.1) is 24.0 Å². The second-order valence-corrected chi connectivity index (χ2v) is 4.00. The van der Waals surface area contributed by atoms with Crippen molar-refractivity contribution in [3.05, 3.63) is 53.6 Å². The van der Waals surface area contributed by atoms with Crippen LogP contribution in [0.3, 0.4) is 0 Å². The lowest BCUT2D eigenvalue weighted by Gasteiger charge is -2.15. The number of rotatable bonds is 2. The van der Waals surface area contributed by atoms with Crippen LogP contribution in [-0.4, -0.2) is 6.36 Å². The van der Waals surface area contributed by atoms with Crippen molar-refractivity contribution in [2.75, 3.05) is 0 Å². The fourth-order valence-corrected chi connectivity index (χ4v) is 1.85. The molecular weight excluding hydrogens is 291 g/mol. The van der Waals surface area contributed by atoms with E-state index in [2.05, 4.69) is 4.74 Å². The largest absolute Gasteiger partial charge is 0.573 e. The van der Waals surface area contributed by atoms with Crippen molar-refractivity contribution in [2.24, 2.45) is 0 Å². The van der Waals surface area contributed by atoms with Gasteiger partial charge in [0, 0.05) is 22.8 Å². The molecule has 0 aliphatic heterocycles. The number of hydrogen-bond acceptors (Lipinski definition) is 1. The summed E-state index contributed by atoms with van der Waals surface area (Å²) in [7, 11) is 0. The van der Waals surface area contributed by atoms with E-state index >= 15 is 0 Å². The lowest BCUT2D eigenvalue weighted by Crippen LogP contribution is -2.17. The van der Waals surface area contributed by atoms with Gasteiger partial charge in [0.25, 0.3) is 0 Å². The first-order valence-electron chi connectivity index (χ1n) is 5.62. The molecule has 0 aliphatic rings. The molecule has 0 amide bonds. The Morgan fingerprint density at radius 1 is 1.05 bits per heavy atom. The molecule has 0 spiro atoms. The summed E-state index contributed by atoms with van der Waals surface area (Å²) in [6.45, 7) is 0. The number of benzene rings is 2. The van der Waals surface area contributed by atoms with Crippen molar-refractivity contribution in [1.82, 2.24) is 0 Å². The summed E-state index contributed by atoms with van der Waals surface area (Å²) in [5, 5.41) is 0. The van der Waals surface area contributed by atoms with Gasteiger partial charge in [0.2, 0.25) is 0 Å². The van der Waals surface area contributed by atoms with E-state index in [1.165, 1.54) is 18.2 Å². The summed E-state index contributed by atoms with van der Waals surface area (Å²) >= 11 is 0. The molecule has 6 heteroatoms. The Labute approximate surface area is 117 Å². The average Bonchev–Trinajstić information content (AvgIpc) is 2.37. The van der Waals surface area contributed by atoms with Crippen LogP contribution >= 0.6 is 0 Å². The maximum atomic E-state index is 13.9. The second-order valence-electron chi connectivity index (χ2n) is 4.00. The van der Waals surface area contributed by atoms with Crippen LogP contribution in [0.2, 0.25) is 0 Å². The van der Waals surface area contributed by atoms with Gasteiger partial charge in [-0.25, -0.2) is 8.78 Å². The number of ether oxygens (including phenoxy) is 1. The molecular formula is C15H7F5O. The zero-order chi connectivity index (χ0) is 15.6. The fourth-order valence-electron chi connectivity index (χ4n) is 1.85. The van der Waals surface area contributed by atoms with Crippen LogP contribution in [-0.2, 0) is 0 Å². The fraction of sp³-hybridized carbons (Fsp3) is 0.0667. The summed E-state index contributed by atoms with van der Waals surface area (Å²) in [4.78, 5) is 0. The van der Waals surface area contributed by atoms with Crippen molar-refractivity contribution in [3.63, 3.8) is 0 Å². The molecule has 0 radical (unpaired) electrons. The molecule has 21 heavy (non-hydrogen) atoms. The molecule has 1 nitrogen and oxygen atoms in total. The van der Waals surface area contributed by atoms with Gasteiger partial charge in [0.05, 0.1) is 0 Å². The predicted molar refractivity (Wildman–Crippen MR) is 66.4 cm³/mol. The van der Waals surface area contributed by atoms with Crippen molar-refractivity contribution in [3.8, 4) is 29.2 Å². The quantitative estimate of drug-likeness (QED) is 0.585. The Morgan fingerprint density at radius 2 is 1.71 bits per heavy atom. The monoisotopic (exact) mass is 298 g/mol. The molecule has 2 rings (SSSR count). The lowest BCUT2D eigenvalue weighted by molar-refractivity contribution is -0.274. The number of halogens is 5. The van der Waals surface area contributed by atoms with E-state index in [9.17, 15) is 22.0 Å². The average molecular weight is 298 g/mol. The second kappa shape index (κ2) is 5.44. The summed E-state index contributed by atoms with van der Waals surface area (Å²) in [5.74, 6) is -0.556. The molecule has 0 N–H and O–H groups in total. The molecule has 0 atom stereocenters. The summed E-state index contributed by atoms with van der Waals surface area (Å²) in [6, 6.07) is 6.32. The van der Waals surface area contributed by atoms with Gasteiger partial charge in [-0.1, -0.05) is 24.1 Å². The zero-order valence-electron chi connectivity index (χ0n) is 10.3. The van der Waals surface area contributed by atoms with E-state index in [1.807, 2.05) is 5.92 Å². The highest BCUT2D eigenvalue weighted by Gasteiger charge is 2.32. The zero-order valence-corrected chi connectivity index (χ0v) is 10.3. The third-order valence-electron chi connectivity index (χ3n) is 2.59. The van der Waals surface area contributed by atoms with Gasteiger partial charge in [0.1, 0.15) is 17.4 Å². The van der Waals surface area contributed by atoms with Gasteiger partial charge >= 0.3 is 6.36 Å². The molecule has 0 saturated carbocycles. The highest BCUT2D eigenvalue weighted by molar-refractivity contribution is 5.76. The van der Waals surface area contributed by atoms with E-state index in [4.69, 9.17) is 6.42 Å². The van der Waals surface area contributed by atoms with Crippen LogP contribution in [0.25, 0.3) is 11.1 Å². The molecule has 0 bridgehead atoms. The highest BCUT2D eigenvalue weighted by Crippen LogP contribution is 2.37. The molecule has 108 valence electrons. The number of alkyl halides is 3. The minimum atomic E-state index is -4.94. The SMILES string of the molecule is C#Cc1cc(F)cc(F)c1-c1ccccc1OC(F)(F)F. The van der Waals surface area contributed by atoms with E-state index in [-0.39, 0.29) is 16.7 Å². The maximum Gasteiger partial charge on any atom is 0.573 e. The normalized spacial score (nSPS) is 11.0. The Bertz CT molecular complexity index is 713. The van der Waals surface area contributed by atoms with Gasteiger partial charge in [-0.05, 0) is 12.1 Å². The van der Waals surface area contributed by atoms with Gasteiger partial charge in [-0.3, -0.25) is 0 Å². The van der Waals surface area contributed by atoms with Crippen LogP contribution < -0.4 is 4.74 Å². The van der Waals surface area contributed by atoms with E-state index in [1.54, 1.807) is 0 Å². The van der Waals surface area contributed by atoms with Crippen LogP contribution in [0.5, 0.6) is 5.75 Å². The van der Waals surface area contributed by atoms with E-state index < -0.39 is 23.7 Å². The minimum absolute atomic E-state index is 0.203.